The maximum absolute atomic E-state index is 12.7. The SMILES string of the molecule is CC(C)(C)OC(=O)N1O[C@@H](c2ccccc2)C=C[C@H]1c1ccccc1. The van der Waals surface area contributed by atoms with Crippen LogP contribution in [0.1, 0.15) is 44.0 Å². The van der Waals surface area contributed by atoms with Crippen LogP contribution in [-0.2, 0) is 9.57 Å². The zero-order valence-corrected chi connectivity index (χ0v) is 14.8. The van der Waals surface area contributed by atoms with Crippen LogP contribution in [0.25, 0.3) is 0 Å². The zero-order chi connectivity index (χ0) is 17.9. The number of ether oxygens (including phenoxy) is 1. The van der Waals surface area contributed by atoms with E-state index in [1.807, 2.05) is 93.6 Å². The second kappa shape index (κ2) is 7.11. The van der Waals surface area contributed by atoms with Gasteiger partial charge in [0.15, 0.2) is 0 Å². The van der Waals surface area contributed by atoms with Gasteiger partial charge in [0.2, 0.25) is 0 Å². The number of hydrogen-bond donors (Lipinski definition) is 0. The van der Waals surface area contributed by atoms with Crippen LogP contribution < -0.4 is 0 Å². The Morgan fingerprint density at radius 2 is 1.48 bits per heavy atom. The van der Waals surface area contributed by atoms with Crippen molar-refractivity contribution in [1.82, 2.24) is 5.06 Å². The van der Waals surface area contributed by atoms with Gasteiger partial charge < -0.3 is 4.74 Å². The van der Waals surface area contributed by atoms with Crippen molar-refractivity contribution in [3.05, 3.63) is 83.9 Å². The predicted molar refractivity (Wildman–Crippen MR) is 96.7 cm³/mol. The highest BCUT2D eigenvalue weighted by Gasteiger charge is 2.34. The lowest BCUT2D eigenvalue weighted by Gasteiger charge is -2.36. The normalized spacial score (nSPS) is 20.4. The van der Waals surface area contributed by atoms with Gasteiger partial charge >= 0.3 is 6.09 Å². The first kappa shape index (κ1) is 17.2. The van der Waals surface area contributed by atoms with Gasteiger partial charge in [-0.1, -0.05) is 72.8 Å². The lowest BCUT2D eigenvalue weighted by Crippen LogP contribution is -2.41. The summed E-state index contributed by atoms with van der Waals surface area (Å²) in [4.78, 5) is 18.7. The molecule has 1 aliphatic heterocycles. The van der Waals surface area contributed by atoms with Crippen molar-refractivity contribution >= 4 is 6.09 Å². The molecule has 3 rings (SSSR count). The monoisotopic (exact) mass is 337 g/mol. The molecule has 0 fully saturated rings. The molecule has 0 aromatic heterocycles. The van der Waals surface area contributed by atoms with Crippen molar-refractivity contribution in [2.45, 2.75) is 38.5 Å². The maximum Gasteiger partial charge on any atom is 0.435 e. The number of hydrogen-bond acceptors (Lipinski definition) is 3. The molecule has 0 bridgehead atoms. The van der Waals surface area contributed by atoms with Crippen LogP contribution in [0.5, 0.6) is 0 Å². The molecule has 2 aromatic rings. The molecule has 130 valence electrons. The molecule has 2 aromatic carbocycles. The van der Waals surface area contributed by atoms with E-state index >= 15 is 0 Å². The summed E-state index contributed by atoms with van der Waals surface area (Å²) in [7, 11) is 0. The van der Waals surface area contributed by atoms with Crippen LogP contribution in [0, 0.1) is 0 Å². The van der Waals surface area contributed by atoms with Crippen molar-refractivity contribution < 1.29 is 14.4 Å². The van der Waals surface area contributed by atoms with E-state index in [-0.39, 0.29) is 12.1 Å². The van der Waals surface area contributed by atoms with E-state index in [0.29, 0.717) is 0 Å². The number of amides is 1. The Morgan fingerprint density at radius 3 is 2.04 bits per heavy atom. The summed E-state index contributed by atoms with van der Waals surface area (Å²) in [6.45, 7) is 5.53. The van der Waals surface area contributed by atoms with E-state index in [1.54, 1.807) is 0 Å². The Bertz CT molecular complexity index is 735. The molecule has 0 spiro atoms. The Hall–Kier alpha value is -2.59. The number of hydroxylamine groups is 2. The molecule has 1 heterocycles. The predicted octanol–water partition coefficient (Wildman–Crippen LogP) is 5.21. The quantitative estimate of drug-likeness (QED) is 0.706. The van der Waals surface area contributed by atoms with E-state index in [1.165, 1.54) is 5.06 Å². The van der Waals surface area contributed by atoms with Crippen LogP contribution in [0.15, 0.2) is 72.8 Å². The van der Waals surface area contributed by atoms with Gasteiger partial charge in [0.05, 0.1) is 0 Å². The highest BCUT2D eigenvalue weighted by atomic mass is 16.7. The summed E-state index contributed by atoms with van der Waals surface area (Å²) in [6.07, 6.45) is 3.15. The maximum atomic E-state index is 12.7. The smallest absolute Gasteiger partial charge is 0.435 e. The summed E-state index contributed by atoms with van der Waals surface area (Å²) < 4.78 is 5.54. The number of benzene rings is 2. The highest BCUT2D eigenvalue weighted by Crippen LogP contribution is 2.34. The van der Waals surface area contributed by atoms with Crippen molar-refractivity contribution in [2.24, 2.45) is 0 Å². The fraction of sp³-hybridized carbons (Fsp3) is 0.286. The van der Waals surface area contributed by atoms with E-state index in [4.69, 9.17) is 9.57 Å². The first-order chi connectivity index (χ1) is 11.9. The third-order valence-corrected chi connectivity index (χ3v) is 3.79. The lowest BCUT2D eigenvalue weighted by atomic mass is 10.0. The molecule has 0 unspecified atom stereocenters. The molecule has 2 atom stereocenters. The molecule has 4 heteroatoms. The van der Waals surface area contributed by atoms with Crippen LogP contribution in [-0.4, -0.2) is 16.8 Å². The van der Waals surface area contributed by atoms with Gasteiger partial charge in [0, 0.05) is 0 Å². The molecule has 4 nitrogen and oxygen atoms in total. The van der Waals surface area contributed by atoms with Gasteiger partial charge in [-0.05, 0) is 31.9 Å². The minimum Gasteiger partial charge on any atom is -0.442 e. The fourth-order valence-corrected chi connectivity index (χ4v) is 2.68. The molecule has 0 N–H and O–H groups in total. The third kappa shape index (κ3) is 4.28. The summed E-state index contributed by atoms with van der Waals surface area (Å²) in [5.41, 5.74) is 1.36. The van der Waals surface area contributed by atoms with Crippen molar-refractivity contribution in [3.63, 3.8) is 0 Å². The van der Waals surface area contributed by atoms with Gasteiger partial charge in [-0.15, -0.1) is 0 Å². The van der Waals surface area contributed by atoms with Crippen molar-refractivity contribution in [3.8, 4) is 0 Å². The summed E-state index contributed by atoms with van der Waals surface area (Å²) in [6, 6.07) is 19.3. The second-order valence-electron chi connectivity index (χ2n) is 6.98. The van der Waals surface area contributed by atoms with Gasteiger partial charge in [-0.3, -0.25) is 4.84 Å². The standard InChI is InChI=1S/C21H23NO3/c1-21(2,3)24-20(23)22-18(16-10-6-4-7-11-16)14-15-19(25-22)17-12-8-5-9-13-17/h4-15,18-19H,1-3H3/t18-,19+/m0/s1. The molecule has 1 amide bonds. The Morgan fingerprint density at radius 1 is 0.920 bits per heavy atom. The van der Waals surface area contributed by atoms with E-state index < -0.39 is 11.7 Å². The molecule has 0 saturated carbocycles. The molecule has 0 aliphatic carbocycles. The number of carbonyl (C=O) groups is 1. The van der Waals surface area contributed by atoms with E-state index in [2.05, 4.69) is 0 Å². The highest BCUT2D eigenvalue weighted by molar-refractivity contribution is 5.68. The number of rotatable bonds is 2. The average molecular weight is 337 g/mol. The Balaban J connectivity index is 1.91. The van der Waals surface area contributed by atoms with Gasteiger partial charge in [0.25, 0.3) is 0 Å². The first-order valence-electron chi connectivity index (χ1n) is 8.41. The lowest BCUT2D eigenvalue weighted by molar-refractivity contribution is -0.194. The first-order valence-corrected chi connectivity index (χ1v) is 8.41. The minimum atomic E-state index is -0.592. The molecule has 25 heavy (non-hydrogen) atoms. The van der Waals surface area contributed by atoms with Crippen LogP contribution in [0.2, 0.25) is 0 Å². The van der Waals surface area contributed by atoms with Crippen LogP contribution in [0.3, 0.4) is 0 Å². The third-order valence-electron chi connectivity index (χ3n) is 3.79. The van der Waals surface area contributed by atoms with E-state index in [9.17, 15) is 4.79 Å². The van der Waals surface area contributed by atoms with Gasteiger partial charge in [0.1, 0.15) is 17.7 Å². The summed E-state index contributed by atoms with van der Waals surface area (Å²) in [5, 5.41) is 1.33. The Kier molecular flexibility index (Phi) is 4.91. The second-order valence-corrected chi connectivity index (χ2v) is 6.98. The topological polar surface area (TPSA) is 38.8 Å². The summed E-state index contributed by atoms with van der Waals surface area (Å²) in [5.74, 6) is 0. The van der Waals surface area contributed by atoms with Crippen molar-refractivity contribution in [1.29, 1.82) is 0 Å². The van der Waals surface area contributed by atoms with Crippen molar-refractivity contribution in [2.75, 3.05) is 0 Å². The molecular formula is C21H23NO3. The van der Waals surface area contributed by atoms with Gasteiger partial charge in [-0.2, -0.15) is 5.06 Å². The summed E-state index contributed by atoms with van der Waals surface area (Å²) >= 11 is 0. The Labute approximate surface area is 148 Å². The van der Waals surface area contributed by atoms with E-state index in [0.717, 1.165) is 11.1 Å². The largest absolute Gasteiger partial charge is 0.442 e. The minimum absolute atomic E-state index is 0.323. The molecular weight excluding hydrogens is 314 g/mol. The number of nitrogens with zero attached hydrogens (tertiary/aromatic N) is 1. The molecule has 0 radical (unpaired) electrons. The number of carbonyl (C=O) groups excluding carboxylic acids is 1. The molecule has 0 saturated heterocycles. The zero-order valence-electron chi connectivity index (χ0n) is 14.8. The fourth-order valence-electron chi connectivity index (χ4n) is 2.68. The van der Waals surface area contributed by atoms with Crippen LogP contribution in [0.4, 0.5) is 4.79 Å². The van der Waals surface area contributed by atoms with Gasteiger partial charge in [-0.25, -0.2) is 4.79 Å². The average Bonchev–Trinajstić information content (AvgIpc) is 2.61. The molecule has 1 aliphatic rings. The van der Waals surface area contributed by atoms with Crippen LogP contribution >= 0.6 is 0 Å².